The summed E-state index contributed by atoms with van der Waals surface area (Å²) >= 11 is 0. The van der Waals surface area contributed by atoms with Gasteiger partial charge in [-0.3, -0.25) is 4.21 Å². The molecule has 1 heterocycles. The second-order valence-corrected chi connectivity index (χ2v) is 7.86. The molecule has 2 atom stereocenters. The van der Waals surface area contributed by atoms with Crippen molar-refractivity contribution in [2.75, 3.05) is 30.5 Å². The third kappa shape index (κ3) is 4.16. The van der Waals surface area contributed by atoms with Gasteiger partial charge in [-0.05, 0) is 13.8 Å². The molecule has 0 radical (unpaired) electrons. The Bertz CT molecular complexity index is 497. The highest BCUT2D eigenvalue weighted by atomic mass is 32.2. The molecule has 0 spiro atoms. The van der Waals surface area contributed by atoms with E-state index in [9.17, 15) is 4.21 Å². The van der Waals surface area contributed by atoms with Crippen molar-refractivity contribution in [2.45, 2.75) is 45.3 Å². The van der Waals surface area contributed by atoms with Crippen molar-refractivity contribution in [3.8, 4) is 0 Å². The van der Waals surface area contributed by atoms with E-state index >= 15 is 0 Å². The minimum atomic E-state index is -0.842. The Labute approximate surface area is 124 Å². The van der Waals surface area contributed by atoms with Crippen molar-refractivity contribution in [3.63, 3.8) is 0 Å². The predicted octanol–water partition coefficient (Wildman–Crippen LogP) is 2.30. The molecule has 0 aliphatic rings. The molecule has 0 aliphatic heterocycles. The van der Waals surface area contributed by atoms with E-state index in [1.165, 1.54) is 0 Å². The highest BCUT2D eigenvalue weighted by Crippen LogP contribution is 2.26. The van der Waals surface area contributed by atoms with Crippen molar-refractivity contribution in [1.82, 2.24) is 9.97 Å². The van der Waals surface area contributed by atoms with Gasteiger partial charge >= 0.3 is 0 Å². The summed E-state index contributed by atoms with van der Waals surface area (Å²) in [5, 5.41) is 6.49. The number of hydrogen-bond donors (Lipinski definition) is 2. The summed E-state index contributed by atoms with van der Waals surface area (Å²) in [4.78, 5) is 9.18. The van der Waals surface area contributed by atoms with Crippen LogP contribution in [0, 0.1) is 6.92 Å². The van der Waals surface area contributed by atoms with Crippen LogP contribution in [0.3, 0.4) is 0 Å². The fourth-order valence-electron chi connectivity index (χ4n) is 1.63. The van der Waals surface area contributed by atoms with Crippen LogP contribution in [0.1, 0.15) is 39.1 Å². The van der Waals surface area contributed by atoms with E-state index in [4.69, 9.17) is 0 Å². The Kier molecular flexibility index (Phi) is 5.50. The van der Waals surface area contributed by atoms with Gasteiger partial charge in [0.1, 0.15) is 17.5 Å². The number of nitrogens with one attached hydrogen (secondary N) is 2. The van der Waals surface area contributed by atoms with Crippen LogP contribution in [-0.2, 0) is 16.2 Å². The van der Waals surface area contributed by atoms with Gasteiger partial charge in [0.05, 0.1) is 0 Å². The SMILES string of the molecule is CNc1nc(C(C)(C)C)nc(NCC(C)S(C)=O)c1C. The van der Waals surface area contributed by atoms with E-state index < -0.39 is 10.8 Å². The molecule has 0 aliphatic carbocycles. The Balaban J connectivity index is 3.08. The van der Waals surface area contributed by atoms with Crippen LogP contribution in [0.4, 0.5) is 11.6 Å². The number of hydrogen-bond acceptors (Lipinski definition) is 5. The fraction of sp³-hybridized carbons (Fsp3) is 0.714. The third-order valence-electron chi connectivity index (χ3n) is 3.18. The summed E-state index contributed by atoms with van der Waals surface area (Å²) in [7, 11) is 1.01. The molecule has 1 rings (SSSR count). The van der Waals surface area contributed by atoms with Crippen LogP contribution in [0.5, 0.6) is 0 Å². The van der Waals surface area contributed by atoms with E-state index in [1.54, 1.807) is 6.26 Å². The van der Waals surface area contributed by atoms with Crippen molar-refractivity contribution >= 4 is 22.4 Å². The zero-order valence-electron chi connectivity index (χ0n) is 13.5. The van der Waals surface area contributed by atoms with Crippen LogP contribution < -0.4 is 10.6 Å². The van der Waals surface area contributed by atoms with Gasteiger partial charge in [0.2, 0.25) is 0 Å². The Morgan fingerprint density at radius 2 is 1.80 bits per heavy atom. The lowest BCUT2D eigenvalue weighted by Crippen LogP contribution is -2.24. The van der Waals surface area contributed by atoms with Crippen LogP contribution >= 0.6 is 0 Å². The summed E-state index contributed by atoms with van der Waals surface area (Å²) in [6.07, 6.45) is 1.72. The van der Waals surface area contributed by atoms with Crippen molar-refractivity contribution in [1.29, 1.82) is 0 Å². The minimum Gasteiger partial charge on any atom is -0.373 e. The van der Waals surface area contributed by atoms with Crippen LogP contribution in [-0.4, -0.2) is 39.3 Å². The van der Waals surface area contributed by atoms with E-state index in [1.807, 2.05) is 20.9 Å². The topological polar surface area (TPSA) is 66.9 Å². The Morgan fingerprint density at radius 3 is 2.25 bits per heavy atom. The Hall–Kier alpha value is -1.17. The standard InChI is InChI=1S/C14H26N4OS/c1-9(20(7)19)8-16-12-10(2)11(15-6)17-13(18-12)14(3,4)5/h9H,8H2,1-7H3,(H2,15,16,17,18). The van der Waals surface area contributed by atoms with Gasteiger partial charge in [-0.2, -0.15) is 0 Å². The first-order valence-corrected chi connectivity index (χ1v) is 8.42. The number of nitrogens with zero attached hydrogens (tertiary/aromatic N) is 2. The summed E-state index contributed by atoms with van der Waals surface area (Å²) in [5.41, 5.74) is 0.865. The first-order valence-electron chi connectivity index (χ1n) is 6.79. The molecule has 1 aromatic rings. The molecule has 114 valence electrons. The number of aromatic nitrogens is 2. The molecule has 0 saturated heterocycles. The molecule has 0 aromatic carbocycles. The zero-order chi connectivity index (χ0) is 15.5. The molecule has 0 fully saturated rings. The highest BCUT2D eigenvalue weighted by Gasteiger charge is 2.21. The van der Waals surface area contributed by atoms with Gasteiger partial charge in [-0.15, -0.1) is 0 Å². The molecule has 5 nitrogen and oxygen atoms in total. The van der Waals surface area contributed by atoms with Gasteiger partial charge < -0.3 is 10.6 Å². The first-order chi connectivity index (χ1) is 9.16. The van der Waals surface area contributed by atoms with Gasteiger partial charge in [-0.25, -0.2) is 9.97 Å². The van der Waals surface area contributed by atoms with Crippen LogP contribution in [0.25, 0.3) is 0 Å². The smallest absolute Gasteiger partial charge is 0.138 e. The van der Waals surface area contributed by atoms with Crippen LogP contribution in [0.2, 0.25) is 0 Å². The van der Waals surface area contributed by atoms with Crippen molar-refractivity contribution in [3.05, 3.63) is 11.4 Å². The molecule has 1 aromatic heterocycles. The minimum absolute atomic E-state index is 0.0838. The second kappa shape index (κ2) is 6.52. The average molecular weight is 298 g/mol. The van der Waals surface area contributed by atoms with Gasteiger partial charge in [0.15, 0.2) is 0 Å². The fourth-order valence-corrected chi connectivity index (χ4v) is 1.94. The zero-order valence-corrected chi connectivity index (χ0v) is 14.3. The molecular weight excluding hydrogens is 272 g/mol. The predicted molar refractivity (Wildman–Crippen MR) is 87.0 cm³/mol. The summed E-state index contributed by atoms with van der Waals surface area (Å²) < 4.78 is 11.4. The van der Waals surface area contributed by atoms with Gasteiger partial charge in [0, 0.05) is 46.9 Å². The normalized spacial score (nSPS) is 14.8. The molecule has 2 N–H and O–H groups in total. The molecule has 2 unspecified atom stereocenters. The third-order valence-corrected chi connectivity index (χ3v) is 4.48. The van der Waals surface area contributed by atoms with E-state index in [0.29, 0.717) is 6.54 Å². The molecular formula is C14H26N4OS. The maximum atomic E-state index is 11.4. The van der Waals surface area contributed by atoms with Crippen LogP contribution in [0.15, 0.2) is 0 Å². The van der Waals surface area contributed by atoms with E-state index in [2.05, 4.69) is 41.4 Å². The maximum absolute atomic E-state index is 11.4. The quantitative estimate of drug-likeness (QED) is 0.873. The van der Waals surface area contributed by atoms with Crippen molar-refractivity contribution in [2.24, 2.45) is 0 Å². The largest absolute Gasteiger partial charge is 0.373 e. The molecule has 0 bridgehead atoms. The highest BCUT2D eigenvalue weighted by molar-refractivity contribution is 7.84. The van der Waals surface area contributed by atoms with Gasteiger partial charge in [0.25, 0.3) is 0 Å². The molecule has 0 amide bonds. The van der Waals surface area contributed by atoms with Crippen molar-refractivity contribution < 1.29 is 4.21 Å². The maximum Gasteiger partial charge on any atom is 0.138 e. The lowest BCUT2D eigenvalue weighted by molar-refractivity contribution is 0.546. The van der Waals surface area contributed by atoms with E-state index in [0.717, 1.165) is 23.0 Å². The first kappa shape index (κ1) is 16.9. The number of anilines is 2. The molecule has 6 heteroatoms. The monoisotopic (exact) mass is 298 g/mol. The molecule has 20 heavy (non-hydrogen) atoms. The van der Waals surface area contributed by atoms with Gasteiger partial charge in [-0.1, -0.05) is 20.8 Å². The average Bonchev–Trinajstić information content (AvgIpc) is 2.35. The second-order valence-electron chi connectivity index (χ2n) is 6.06. The number of rotatable bonds is 5. The lowest BCUT2D eigenvalue weighted by Gasteiger charge is -2.21. The summed E-state index contributed by atoms with van der Waals surface area (Å²) in [6, 6.07) is 0. The molecule has 0 saturated carbocycles. The summed E-state index contributed by atoms with van der Waals surface area (Å²) in [6.45, 7) is 10.8. The Morgan fingerprint density at radius 1 is 1.25 bits per heavy atom. The van der Waals surface area contributed by atoms with E-state index in [-0.39, 0.29) is 10.7 Å². The summed E-state index contributed by atoms with van der Waals surface area (Å²) in [5.74, 6) is 2.43. The lowest BCUT2D eigenvalue weighted by atomic mass is 9.95.